The number of amides is 1. The summed E-state index contributed by atoms with van der Waals surface area (Å²) < 4.78 is 3.16. The molecule has 8 nitrogen and oxygen atoms in total. The first-order valence-electron chi connectivity index (χ1n) is 11.5. The van der Waals surface area contributed by atoms with Gasteiger partial charge in [-0.05, 0) is 89.1 Å². The first kappa shape index (κ1) is 22.6. The van der Waals surface area contributed by atoms with Gasteiger partial charge in [0.25, 0.3) is 0 Å². The number of hydrogen-bond donors (Lipinski definition) is 4. The average Bonchev–Trinajstić information content (AvgIpc) is 3.42. The van der Waals surface area contributed by atoms with E-state index < -0.39 is 16.6 Å². The SMILES string of the molecule is CC(C)(O)CNSc1ccc(Nc2ncc3c(n2)N(C2CCC[C@@]2(C)O)C(=O)C32CC2)cc1. The molecule has 1 spiro atoms. The van der Waals surface area contributed by atoms with Gasteiger partial charge < -0.3 is 15.5 Å². The number of aromatic nitrogens is 2. The zero-order valence-electron chi connectivity index (χ0n) is 19.3. The predicted molar refractivity (Wildman–Crippen MR) is 129 cm³/mol. The first-order chi connectivity index (χ1) is 15.6. The summed E-state index contributed by atoms with van der Waals surface area (Å²) in [5.74, 6) is 1.14. The molecule has 1 aliphatic heterocycles. The summed E-state index contributed by atoms with van der Waals surface area (Å²) >= 11 is 1.46. The van der Waals surface area contributed by atoms with E-state index in [1.807, 2.05) is 31.2 Å². The van der Waals surface area contributed by atoms with Crippen molar-refractivity contribution in [3.63, 3.8) is 0 Å². The number of nitrogens with zero attached hydrogens (tertiary/aromatic N) is 3. The number of aliphatic hydroxyl groups is 2. The predicted octanol–water partition coefficient (Wildman–Crippen LogP) is 3.27. The van der Waals surface area contributed by atoms with Crippen LogP contribution in [0.25, 0.3) is 0 Å². The minimum atomic E-state index is -0.904. The molecule has 1 aromatic heterocycles. The summed E-state index contributed by atoms with van der Waals surface area (Å²) in [5.41, 5.74) is -0.420. The number of benzene rings is 1. The fraction of sp³-hybridized carbons (Fsp3) is 0.542. The molecule has 2 saturated carbocycles. The van der Waals surface area contributed by atoms with E-state index in [0.717, 1.165) is 41.8 Å². The number of carbonyl (C=O) groups excluding carboxylic acids is 1. The maximum atomic E-state index is 13.4. The molecule has 9 heteroatoms. The Morgan fingerprint density at radius 3 is 2.58 bits per heavy atom. The van der Waals surface area contributed by atoms with Crippen molar-refractivity contribution < 1.29 is 15.0 Å². The molecular formula is C24H31N5O3S. The molecular weight excluding hydrogens is 438 g/mol. The Morgan fingerprint density at radius 2 is 1.97 bits per heavy atom. The lowest BCUT2D eigenvalue weighted by atomic mass is 9.98. The van der Waals surface area contributed by atoms with E-state index in [9.17, 15) is 15.0 Å². The van der Waals surface area contributed by atoms with E-state index in [4.69, 9.17) is 4.98 Å². The second-order valence-electron chi connectivity index (χ2n) is 10.3. The molecule has 176 valence electrons. The van der Waals surface area contributed by atoms with Crippen LogP contribution in [0, 0.1) is 0 Å². The number of hydrogen-bond acceptors (Lipinski definition) is 8. The normalized spacial score (nSPS) is 25.5. The summed E-state index contributed by atoms with van der Waals surface area (Å²) in [5, 5.41) is 24.0. The molecule has 1 unspecified atom stereocenters. The van der Waals surface area contributed by atoms with Crippen molar-refractivity contribution >= 4 is 35.3 Å². The van der Waals surface area contributed by atoms with Crippen LogP contribution < -0.4 is 14.9 Å². The van der Waals surface area contributed by atoms with Crippen LogP contribution in [0.15, 0.2) is 35.4 Å². The van der Waals surface area contributed by atoms with Gasteiger partial charge in [0, 0.05) is 28.9 Å². The molecule has 4 N–H and O–H groups in total. The van der Waals surface area contributed by atoms with Gasteiger partial charge in [-0.15, -0.1) is 0 Å². The highest BCUT2D eigenvalue weighted by Crippen LogP contribution is 2.58. The average molecular weight is 470 g/mol. The second kappa shape index (κ2) is 7.94. The van der Waals surface area contributed by atoms with Crippen molar-refractivity contribution in [3.05, 3.63) is 36.0 Å². The Morgan fingerprint density at radius 1 is 1.24 bits per heavy atom. The lowest BCUT2D eigenvalue weighted by Crippen LogP contribution is -2.50. The molecule has 2 fully saturated rings. The Balaban J connectivity index is 1.34. The zero-order valence-corrected chi connectivity index (χ0v) is 20.1. The highest BCUT2D eigenvalue weighted by atomic mass is 32.2. The molecule has 1 aromatic carbocycles. The topological polar surface area (TPSA) is 111 Å². The van der Waals surface area contributed by atoms with Crippen LogP contribution in [-0.4, -0.2) is 49.9 Å². The Labute approximate surface area is 198 Å². The van der Waals surface area contributed by atoms with Crippen molar-refractivity contribution in [2.24, 2.45) is 0 Å². The van der Waals surface area contributed by atoms with Crippen molar-refractivity contribution in [3.8, 4) is 0 Å². The molecule has 0 saturated heterocycles. The van der Waals surface area contributed by atoms with Gasteiger partial charge in [-0.3, -0.25) is 14.4 Å². The highest BCUT2D eigenvalue weighted by Gasteiger charge is 2.63. The van der Waals surface area contributed by atoms with E-state index in [2.05, 4.69) is 15.0 Å². The van der Waals surface area contributed by atoms with E-state index in [1.165, 1.54) is 11.9 Å². The van der Waals surface area contributed by atoms with Crippen LogP contribution in [0.5, 0.6) is 0 Å². The number of nitrogens with one attached hydrogen (secondary N) is 2. The van der Waals surface area contributed by atoms with E-state index in [-0.39, 0.29) is 11.9 Å². The third-order valence-corrected chi connectivity index (χ3v) is 7.68. The number of fused-ring (bicyclic) bond motifs is 2. The first-order valence-corrected chi connectivity index (χ1v) is 12.3. The molecule has 3 aliphatic rings. The van der Waals surface area contributed by atoms with Gasteiger partial charge in [-0.25, -0.2) is 4.98 Å². The van der Waals surface area contributed by atoms with Gasteiger partial charge in [0.15, 0.2) is 0 Å². The summed E-state index contributed by atoms with van der Waals surface area (Å²) in [7, 11) is 0. The Hall–Kier alpha value is -2.20. The third-order valence-electron chi connectivity index (χ3n) is 6.89. The third kappa shape index (κ3) is 4.23. The van der Waals surface area contributed by atoms with E-state index in [0.29, 0.717) is 24.7 Å². The molecule has 33 heavy (non-hydrogen) atoms. The van der Waals surface area contributed by atoms with Gasteiger partial charge >= 0.3 is 0 Å². The van der Waals surface area contributed by atoms with Gasteiger partial charge in [0.05, 0.1) is 22.7 Å². The highest BCUT2D eigenvalue weighted by molar-refractivity contribution is 7.97. The fourth-order valence-electron chi connectivity index (χ4n) is 4.86. The lowest BCUT2D eigenvalue weighted by molar-refractivity contribution is -0.121. The summed E-state index contributed by atoms with van der Waals surface area (Å²) in [6, 6.07) is 7.58. The molecule has 1 amide bonds. The van der Waals surface area contributed by atoms with Crippen molar-refractivity contribution in [2.45, 2.75) is 80.4 Å². The van der Waals surface area contributed by atoms with Crippen LogP contribution in [0.1, 0.15) is 58.4 Å². The number of rotatable bonds is 7. The van der Waals surface area contributed by atoms with Gasteiger partial charge in [-0.2, -0.15) is 4.98 Å². The van der Waals surface area contributed by atoms with Crippen molar-refractivity contribution in [1.82, 2.24) is 14.7 Å². The molecule has 5 rings (SSSR count). The summed E-state index contributed by atoms with van der Waals surface area (Å²) in [6.45, 7) is 5.83. The quantitative estimate of drug-likeness (QED) is 0.458. The monoisotopic (exact) mass is 469 g/mol. The van der Waals surface area contributed by atoms with Crippen LogP contribution in [-0.2, 0) is 10.2 Å². The molecule has 2 heterocycles. The maximum absolute atomic E-state index is 13.4. The lowest BCUT2D eigenvalue weighted by Gasteiger charge is -2.33. The smallest absolute Gasteiger partial charge is 0.239 e. The Kier molecular flexibility index (Phi) is 5.43. The van der Waals surface area contributed by atoms with Crippen molar-refractivity contribution in [2.75, 3.05) is 16.8 Å². The Bertz CT molecular complexity index is 1060. The molecule has 2 aliphatic carbocycles. The number of carbonyl (C=O) groups is 1. The second-order valence-corrected chi connectivity index (χ2v) is 11.3. The van der Waals surface area contributed by atoms with Crippen LogP contribution >= 0.6 is 11.9 Å². The van der Waals surface area contributed by atoms with Crippen LogP contribution in [0.4, 0.5) is 17.5 Å². The molecule has 0 radical (unpaired) electrons. The van der Waals surface area contributed by atoms with E-state index in [1.54, 1.807) is 24.9 Å². The minimum Gasteiger partial charge on any atom is -0.389 e. The zero-order chi connectivity index (χ0) is 23.4. The standard InChI is InChI=1S/C24H31N5O3S/c1-22(2,31)14-26-33-16-8-6-15(7-9-16)27-21-25-13-17-19(28-21)29(20(30)24(17)11-12-24)18-5-4-10-23(18,3)32/h6-9,13,18,26,31-32H,4-5,10-12,14H2,1-3H3,(H,25,27,28)/t18?,23-/m1/s1. The molecule has 2 aromatic rings. The summed E-state index contributed by atoms with van der Waals surface area (Å²) in [6.07, 6.45) is 5.79. The van der Waals surface area contributed by atoms with Crippen molar-refractivity contribution in [1.29, 1.82) is 0 Å². The number of anilines is 3. The van der Waals surface area contributed by atoms with Gasteiger partial charge in [0.2, 0.25) is 11.9 Å². The molecule has 0 bridgehead atoms. The van der Waals surface area contributed by atoms with Gasteiger partial charge in [0.1, 0.15) is 5.82 Å². The van der Waals surface area contributed by atoms with Crippen LogP contribution in [0.3, 0.4) is 0 Å². The minimum absolute atomic E-state index is 0.0658. The largest absolute Gasteiger partial charge is 0.389 e. The molecule has 2 atom stereocenters. The van der Waals surface area contributed by atoms with Crippen LogP contribution in [0.2, 0.25) is 0 Å². The maximum Gasteiger partial charge on any atom is 0.239 e. The summed E-state index contributed by atoms with van der Waals surface area (Å²) in [4.78, 5) is 25.4. The van der Waals surface area contributed by atoms with E-state index >= 15 is 0 Å². The fourth-order valence-corrected chi connectivity index (χ4v) is 5.73. The van der Waals surface area contributed by atoms with Gasteiger partial charge in [-0.1, -0.05) is 0 Å².